The van der Waals surface area contributed by atoms with Gasteiger partial charge in [0.05, 0.1) is 19.8 Å². The number of aromatic nitrogens is 2. The molecule has 4 heterocycles. The van der Waals surface area contributed by atoms with Gasteiger partial charge in [-0.3, -0.25) is 9.48 Å². The molecular formula is C36H42ClF3N6O3. The van der Waals surface area contributed by atoms with E-state index in [1.165, 1.54) is 7.05 Å². The normalized spacial score (nSPS) is 22.4. The summed E-state index contributed by atoms with van der Waals surface area (Å²) in [6.45, 7) is 5.86. The molecule has 1 amide bonds. The van der Waals surface area contributed by atoms with Crippen LogP contribution in [0.3, 0.4) is 0 Å². The second kappa shape index (κ2) is 13.5. The van der Waals surface area contributed by atoms with E-state index in [4.69, 9.17) is 21.1 Å². The number of carbonyl (C=O) groups is 1. The molecule has 3 atom stereocenters. The van der Waals surface area contributed by atoms with E-state index < -0.39 is 16.9 Å². The van der Waals surface area contributed by atoms with E-state index in [1.54, 1.807) is 7.11 Å². The van der Waals surface area contributed by atoms with Gasteiger partial charge in [0.2, 0.25) is 0 Å². The lowest BCUT2D eigenvalue weighted by Gasteiger charge is -2.41. The number of anilines is 1. The molecule has 49 heavy (non-hydrogen) atoms. The molecule has 9 nitrogen and oxygen atoms in total. The van der Waals surface area contributed by atoms with E-state index in [2.05, 4.69) is 55.9 Å². The van der Waals surface area contributed by atoms with Crippen molar-refractivity contribution < 1.29 is 27.4 Å². The highest BCUT2D eigenvalue weighted by Crippen LogP contribution is 2.40. The zero-order valence-electron chi connectivity index (χ0n) is 27.9. The third kappa shape index (κ3) is 6.87. The number of rotatable bonds is 10. The summed E-state index contributed by atoms with van der Waals surface area (Å²) in [5.41, 5.74) is 5.21. The van der Waals surface area contributed by atoms with E-state index in [1.807, 2.05) is 19.1 Å². The van der Waals surface area contributed by atoms with E-state index in [0.29, 0.717) is 24.3 Å². The average Bonchev–Trinajstić information content (AvgIpc) is 3.72. The molecule has 1 aliphatic carbocycles. The van der Waals surface area contributed by atoms with Crippen molar-refractivity contribution in [2.45, 2.75) is 63.5 Å². The van der Waals surface area contributed by atoms with Crippen LogP contribution in [0.5, 0.6) is 11.6 Å². The van der Waals surface area contributed by atoms with Crippen LogP contribution in [0, 0.1) is 12.8 Å². The van der Waals surface area contributed by atoms with Crippen LogP contribution in [-0.4, -0.2) is 78.6 Å². The molecule has 1 aromatic heterocycles. The number of nitrogens with zero attached hydrogens (tertiary/aromatic N) is 4. The lowest BCUT2D eigenvalue weighted by atomic mass is 9.83. The highest BCUT2D eigenvalue weighted by molar-refractivity contribution is 6.32. The number of piperazine rings is 1. The third-order valence-corrected chi connectivity index (χ3v) is 10.6. The number of aryl methyl sites for hydroxylation is 1. The van der Waals surface area contributed by atoms with Crippen LogP contribution in [-0.2, 0) is 24.6 Å². The van der Waals surface area contributed by atoms with Crippen LogP contribution in [0.25, 0.3) is 5.57 Å². The quantitative estimate of drug-likeness (QED) is 0.286. The van der Waals surface area contributed by atoms with Crippen LogP contribution < -0.4 is 25.0 Å². The first-order valence-electron chi connectivity index (χ1n) is 16.9. The Bertz CT molecular complexity index is 1740. The molecule has 1 saturated carbocycles. The fraction of sp³-hybridized carbons (Fsp3) is 0.500. The van der Waals surface area contributed by atoms with Gasteiger partial charge in [-0.05, 0) is 73.1 Å². The Morgan fingerprint density at radius 3 is 2.59 bits per heavy atom. The number of fused-ring (bicyclic) bond motifs is 2. The predicted molar refractivity (Wildman–Crippen MR) is 182 cm³/mol. The molecule has 0 radical (unpaired) electrons. The number of carbonyl (C=O) groups excluding carboxylic acids is 1. The summed E-state index contributed by atoms with van der Waals surface area (Å²) in [5.74, 6) is 0.838. The molecule has 2 bridgehead atoms. The Hall–Kier alpha value is -3.74. The number of methoxy groups -OCH3 is 1. The van der Waals surface area contributed by atoms with Gasteiger partial charge < -0.3 is 29.9 Å². The van der Waals surface area contributed by atoms with Crippen molar-refractivity contribution in [2.75, 3.05) is 44.8 Å². The molecule has 3 aromatic rings. The predicted octanol–water partition coefficient (Wildman–Crippen LogP) is 5.59. The maximum absolute atomic E-state index is 14.6. The molecule has 0 unspecified atom stereocenters. The first-order valence-corrected chi connectivity index (χ1v) is 17.3. The standard InChI is InChI=1S/C36H42ClF3N6O3/c1-21-24(5-4-6-30(21)48-3)19-46(27-11-12-27)35(47)31-28(15-25-16-41-17-29(31)42-25)23-7-9-26(10-8-23)45-14-13-22(18-45)20-49-34-32(37)33(36(38,39)40)44(2)43-34/h4-10,22,25,27,29,41-42H,11-20H2,1-3H3/t22-,25-,29-/m1/s1. The summed E-state index contributed by atoms with van der Waals surface area (Å²) in [7, 11) is 2.88. The van der Waals surface area contributed by atoms with Gasteiger partial charge in [-0.25, -0.2) is 0 Å². The van der Waals surface area contributed by atoms with Gasteiger partial charge in [-0.1, -0.05) is 35.9 Å². The van der Waals surface area contributed by atoms with Crippen LogP contribution in [0.4, 0.5) is 18.9 Å². The Morgan fingerprint density at radius 1 is 1.12 bits per heavy atom. The lowest BCUT2D eigenvalue weighted by molar-refractivity contribution is -0.143. The van der Waals surface area contributed by atoms with Crippen LogP contribution in [0.1, 0.15) is 48.1 Å². The highest BCUT2D eigenvalue weighted by Gasteiger charge is 2.42. The monoisotopic (exact) mass is 698 g/mol. The second-order valence-electron chi connectivity index (χ2n) is 13.6. The number of hydrogen-bond acceptors (Lipinski definition) is 7. The number of ether oxygens (including phenoxy) is 2. The van der Waals surface area contributed by atoms with Crippen LogP contribution in [0.15, 0.2) is 48.0 Å². The molecule has 262 valence electrons. The molecule has 0 spiro atoms. The summed E-state index contributed by atoms with van der Waals surface area (Å²) in [6.07, 6.45) is -1.01. The van der Waals surface area contributed by atoms with Crippen molar-refractivity contribution in [1.82, 2.24) is 25.3 Å². The first-order chi connectivity index (χ1) is 23.5. The SMILES string of the molecule is COc1cccc(CN(C(=O)C2=C(c3ccc(N4CC[C@@H](COc5nn(C)c(C(F)(F)F)c5Cl)C4)cc3)C[C@@H]3CNC[C@H]2N3)C2CC2)c1C. The molecule has 7 rings (SSSR count). The number of hydrogen-bond donors (Lipinski definition) is 2. The Labute approximate surface area is 289 Å². The highest BCUT2D eigenvalue weighted by atomic mass is 35.5. The second-order valence-corrected chi connectivity index (χ2v) is 14.0. The number of nitrogens with one attached hydrogen (secondary N) is 2. The van der Waals surface area contributed by atoms with Crippen molar-refractivity contribution in [3.8, 4) is 11.6 Å². The van der Waals surface area contributed by atoms with Gasteiger partial charge >= 0.3 is 6.18 Å². The summed E-state index contributed by atoms with van der Waals surface area (Å²) >= 11 is 5.98. The minimum absolute atomic E-state index is 0.0681. The molecular weight excluding hydrogens is 657 g/mol. The number of halogens is 4. The molecule has 13 heteroatoms. The molecule has 3 aliphatic heterocycles. The van der Waals surface area contributed by atoms with Crippen molar-refractivity contribution >= 4 is 28.8 Å². The summed E-state index contributed by atoms with van der Waals surface area (Å²) in [4.78, 5) is 18.9. The van der Waals surface area contributed by atoms with E-state index in [-0.39, 0.29) is 42.4 Å². The van der Waals surface area contributed by atoms with Crippen molar-refractivity contribution in [3.63, 3.8) is 0 Å². The van der Waals surface area contributed by atoms with Crippen molar-refractivity contribution in [2.24, 2.45) is 13.0 Å². The summed E-state index contributed by atoms with van der Waals surface area (Å²) in [6, 6.07) is 14.9. The largest absolute Gasteiger partial charge is 0.496 e. The first kappa shape index (κ1) is 33.7. The van der Waals surface area contributed by atoms with Crippen molar-refractivity contribution in [3.05, 3.63) is 75.4 Å². The lowest BCUT2D eigenvalue weighted by Crippen LogP contribution is -2.60. The summed E-state index contributed by atoms with van der Waals surface area (Å²) in [5, 5.41) is 10.6. The van der Waals surface area contributed by atoms with E-state index in [0.717, 1.165) is 78.0 Å². The van der Waals surface area contributed by atoms with Gasteiger partial charge in [-0.15, -0.1) is 5.10 Å². The molecule has 2 aromatic carbocycles. The topological polar surface area (TPSA) is 83.9 Å². The fourth-order valence-corrected chi connectivity index (χ4v) is 7.85. The van der Waals surface area contributed by atoms with E-state index >= 15 is 0 Å². The zero-order valence-corrected chi connectivity index (χ0v) is 28.7. The Balaban J connectivity index is 1.08. The number of benzene rings is 2. The van der Waals surface area contributed by atoms with Crippen molar-refractivity contribution in [1.29, 1.82) is 0 Å². The van der Waals surface area contributed by atoms with Crippen LogP contribution >= 0.6 is 11.6 Å². The Morgan fingerprint density at radius 2 is 1.90 bits per heavy atom. The zero-order chi connectivity index (χ0) is 34.4. The minimum atomic E-state index is -4.61. The van der Waals surface area contributed by atoms with Gasteiger partial charge in [-0.2, -0.15) is 13.2 Å². The average molecular weight is 699 g/mol. The fourth-order valence-electron chi connectivity index (χ4n) is 7.53. The number of amides is 1. The molecule has 3 fully saturated rings. The molecule has 4 aliphatic rings. The van der Waals surface area contributed by atoms with Crippen LogP contribution in [0.2, 0.25) is 5.02 Å². The van der Waals surface area contributed by atoms with Gasteiger partial charge in [0.15, 0.2) is 5.69 Å². The third-order valence-electron chi connectivity index (χ3n) is 10.3. The molecule has 2 saturated heterocycles. The summed E-state index contributed by atoms with van der Waals surface area (Å²) < 4.78 is 51.9. The minimum Gasteiger partial charge on any atom is -0.496 e. The maximum Gasteiger partial charge on any atom is 0.434 e. The Kier molecular flexibility index (Phi) is 9.31. The number of alkyl halides is 3. The van der Waals surface area contributed by atoms with Gasteiger partial charge in [0, 0.05) is 69.0 Å². The van der Waals surface area contributed by atoms with Gasteiger partial charge in [0.25, 0.3) is 11.8 Å². The van der Waals surface area contributed by atoms with E-state index in [9.17, 15) is 18.0 Å². The smallest absolute Gasteiger partial charge is 0.434 e. The van der Waals surface area contributed by atoms with Gasteiger partial charge in [0.1, 0.15) is 10.8 Å². The maximum atomic E-state index is 14.6. The molecule has 2 N–H and O–H groups in total.